The van der Waals surface area contributed by atoms with Crippen LogP contribution in [-0.4, -0.2) is 16.4 Å². The van der Waals surface area contributed by atoms with Crippen LogP contribution >= 0.6 is 0 Å². The molecule has 0 radical (unpaired) electrons. The zero-order valence-electron chi connectivity index (χ0n) is 16.4. The second-order valence-corrected chi connectivity index (χ2v) is 7.02. The average Bonchev–Trinajstić information content (AvgIpc) is 3.06. The number of fused-ring (bicyclic) bond motifs is 1. The largest absolute Gasteiger partial charge is 0.332 e. The van der Waals surface area contributed by atoms with Crippen LogP contribution in [0.4, 0.5) is 15.8 Å². The summed E-state index contributed by atoms with van der Waals surface area (Å²) in [5.41, 5.74) is 3.33. The second-order valence-electron chi connectivity index (χ2n) is 7.02. The molecule has 6 heteroatoms. The minimum atomic E-state index is -0.327. The lowest BCUT2D eigenvalue weighted by molar-refractivity contribution is -0.114. The first-order chi connectivity index (χ1) is 14.5. The van der Waals surface area contributed by atoms with E-state index in [0.29, 0.717) is 23.6 Å². The van der Waals surface area contributed by atoms with Gasteiger partial charge < -0.3 is 15.2 Å². The highest BCUT2D eigenvalue weighted by Crippen LogP contribution is 2.26. The highest BCUT2D eigenvalue weighted by atomic mass is 19.1. The number of carbonyl (C=O) groups is 2. The summed E-state index contributed by atoms with van der Waals surface area (Å²) in [6.45, 7) is 1.77. The Labute approximate surface area is 173 Å². The van der Waals surface area contributed by atoms with Gasteiger partial charge in [-0.25, -0.2) is 4.39 Å². The lowest BCUT2D eigenvalue weighted by Gasteiger charge is -2.12. The molecule has 4 aromatic rings. The number of hydrogen-bond donors (Lipinski definition) is 2. The van der Waals surface area contributed by atoms with Gasteiger partial charge in [0, 0.05) is 35.7 Å². The molecule has 150 valence electrons. The first-order valence-corrected chi connectivity index (χ1v) is 9.51. The summed E-state index contributed by atoms with van der Waals surface area (Å²) in [5, 5.41) is 6.46. The van der Waals surface area contributed by atoms with Crippen LogP contribution in [0.15, 0.2) is 78.9 Å². The van der Waals surface area contributed by atoms with E-state index in [1.54, 1.807) is 18.2 Å². The van der Waals surface area contributed by atoms with Gasteiger partial charge in [-0.15, -0.1) is 0 Å². The van der Waals surface area contributed by atoms with Crippen molar-refractivity contribution in [2.45, 2.75) is 13.5 Å². The number of carbonyl (C=O) groups excluding carboxylic acids is 2. The van der Waals surface area contributed by atoms with Gasteiger partial charge in [0.2, 0.25) is 5.91 Å². The molecule has 1 aromatic heterocycles. The fourth-order valence-corrected chi connectivity index (χ4v) is 3.44. The maximum absolute atomic E-state index is 13.7. The average molecular weight is 401 g/mol. The predicted molar refractivity (Wildman–Crippen MR) is 116 cm³/mol. The molecule has 1 heterocycles. The third kappa shape index (κ3) is 4.22. The van der Waals surface area contributed by atoms with Gasteiger partial charge in [0.25, 0.3) is 5.91 Å². The van der Waals surface area contributed by atoms with Gasteiger partial charge in [0.15, 0.2) is 0 Å². The van der Waals surface area contributed by atoms with E-state index in [1.807, 2.05) is 53.1 Å². The zero-order valence-corrected chi connectivity index (χ0v) is 16.4. The summed E-state index contributed by atoms with van der Waals surface area (Å²) in [6, 6.07) is 22.7. The van der Waals surface area contributed by atoms with Crippen molar-refractivity contribution in [1.29, 1.82) is 0 Å². The van der Waals surface area contributed by atoms with Gasteiger partial charge >= 0.3 is 0 Å². The highest BCUT2D eigenvalue weighted by molar-refractivity contribution is 6.07. The van der Waals surface area contributed by atoms with E-state index in [9.17, 15) is 14.0 Å². The van der Waals surface area contributed by atoms with Crippen LogP contribution in [0.3, 0.4) is 0 Å². The first-order valence-electron chi connectivity index (χ1n) is 9.51. The molecule has 0 aliphatic carbocycles. The van der Waals surface area contributed by atoms with Crippen LogP contribution in [0.25, 0.3) is 10.9 Å². The minimum Gasteiger partial charge on any atom is -0.332 e. The Morgan fingerprint density at radius 1 is 0.867 bits per heavy atom. The minimum absolute atomic E-state index is 0.171. The van der Waals surface area contributed by atoms with E-state index in [1.165, 1.54) is 19.1 Å². The predicted octanol–water partition coefficient (Wildman–Crippen LogP) is 5.04. The van der Waals surface area contributed by atoms with Crippen LogP contribution in [0.1, 0.15) is 23.0 Å². The quantitative estimate of drug-likeness (QED) is 0.492. The number of hydrogen-bond acceptors (Lipinski definition) is 2. The SMILES string of the molecule is CC(=O)Nc1ccc2c(c1)cc(C(=O)Nc1ccccc1)n2Cc1cccc(F)c1. The van der Waals surface area contributed by atoms with Gasteiger partial charge in [-0.2, -0.15) is 0 Å². The number of amides is 2. The maximum atomic E-state index is 13.7. The van der Waals surface area contributed by atoms with Gasteiger partial charge in [-0.05, 0) is 54.1 Å². The zero-order chi connectivity index (χ0) is 21.1. The van der Waals surface area contributed by atoms with Gasteiger partial charge in [0.1, 0.15) is 11.5 Å². The maximum Gasteiger partial charge on any atom is 0.272 e. The summed E-state index contributed by atoms with van der Waals surface area (Å²) in [6.07, 6.45) is 0. The molecule has 3 aromatic carbocycles. The van der Waals surface area contributed by atoms with Crippen molar-refractivity contribution in [3.8, 4) is 0 Å². The molecule has 0 saturated heterocycles. The number of para-hydroxylation sites is 1. The molecular formula is C24H20FN3O2. The van der Waals surface area contributed by atoms with Crippen molar-refractivity contribution in [2.75, 3.05) is 10.6 Å². The summed E-state index contributed by atoms with van der Waals surface area (Å²) in [5.74, 6) is -0.766. The Balaban J connectivity index is 1.77. The highest BCUT2D eigenvalue weighted by Gasteiger charge is 2.17. The lowest BCUT2D eigenvalue weighted by Crippen LogP contribution is -2.17. The Hall–Kier alpha value is -3.93. The smallest absolute Gasteiger partial charge is 0.272 e. The summed E-state index contributed by atoms with van der Waals surface area (Å²) in [7, 11) is 0. The van der Waals surface area contributed by atoms with Crippen molar-refractivity contribution in [3.63, 3.8) is 0 Å². The summed E-state index contributed by atoms with van der Waals surface area (Å²) in [4.78, 5) is 24.4. The lowest BCUT2D eigenvalue weighted by atomic mass is 10.2. The standard InChI is InChI=1S/C24H20FN3O2/c1-16(29)26-21-10-11-22-18(13-21)14-23(24(30)27-20-8-3-2-4-9-20)28(22)15-17-6-5-7-19(25)12-17/h2-14H,15H2,1H3,(H,26,29)(H,27,30). The number of aromatic nitrogens is 1. The molecule has 2 amide bonds. The van der Waals surface area contributed by atoms with Gasteiger partial charge in [-0.3, -0.25) is 9.59 Å². The monoisotopic (exact) mass is 401 g/mol. The van der Waals surface area contributed by atoms with Crippen molar-refractivity contribution in [1.82, 2.24) is 4.57 Å². The fourth-order valence-electron chi connectivity index (χ4n) is 3.44. The normalized spacial score (nSPS) is 10.7. The van der Waals surface area contributed by atoms with Crippen molar-refractivity contribution in [3.05, 3.63) is 95.9 Å². The van der Waals surface area contributed by atoms with Crippen LogP contribution in [0.2, 0.25) is 0 Å². The van der Waals surface area contributed by atoms with Crippen molar-refractivity contribution < 1.29 is 14.0 Å². The Morgan fingerprint density at radius 2 is 1.67 bits per heavy atom. The number of nitrogens with one attached hydrogen (secondary N) is 2. The molecular weight excluding hydrogens is 381 g/mol. The van der Waals surface area contributed by atoms with Crippen LogP contribution in [-0.2, 0) is 11.3 Å². The van der Waals surface area contributed by atoms with E-state index < -0.39 is 0 Å². The molecule has 30 heavy (non-hydrogen) atoms. The van der Waals surface area contributed by atoms with Crippen LogP contribution in [0, 0.1) is 5.82 Å². The third-order valence-corrected chi connectivity index (χ3v) is 4.72. The van der Waals surface area contributed by atoms with E-state index in [4.69, 9.17) is 0 Å². The van der Waals surface area contributed by atoms with Gasteiger partial charge in [-0.1, -0.05) is 30.3 Å². The molecule has 0 fully saturated rings. The molecule has 0 aliphatic rings. The van der Waals surface area contributed by atoms with Crippen molar-refractivity contribution in [2.24, 2.45) is 0 Å². The van der Waals surface area contributed by atoms with E-state index in [2.05, 4.69) is 10.6 Å². The molecule has 4 rings (SSSR count). The molecule has 0 unspecified atom stereocenters. The summed E-state index contributed by atoms with van der Waals surface area (Å²) >= 11 is 0. The third-order valence-electron chi connectivity index (χ3n) is 4.72. The van der Waals surface area contributed by atoms with E-state index in [-0.39, 0.29) is 17.6 Å². The number of nitrogens with zero attached hydrogens (tertiary/aromatic N) is 1. The Bertz CT molecular complexity index is 1230. The van der Waals surface area contributed by atoms with Crippen molar-refractivity contribution >= 4 is 34.1 Å². The van der Waals surface area contributed by atoms with Gasteiger partial charge in [0.05, 0.1) is 0 Å². The summed E-state index contributed by atoms with van der Waals surface area (Å²) < 4.78 is 15.5. The molecule has 0 aliphatic heterocycles. The number of rotatable bonds is 5. The molecule has 0 saturated carbocycles. The number of anilines is 2. The van der Waals surface area contributed by atoms with E-state index in [0.717, 1.165) is 16.5 Å². The van der Waals surface area contributed by atoms with Crippen LogP contribution in [0.5, 0.6) is 0 Å². The molecule has 2 N–H and O–H groups in total. The van der Waals surface area contributed by atoms with E-state index >= 15 is 0 Å². The molecule has 0 bridgehead atoms. The molecule has 5 nitrogen and oxygen atoms in total. The topological polar surface area (TPSA) is 63.1 Å². The Morgan fingerprint density at radius 3 is 2.40 bits per heavy atom. The second kappa shape index (κ2) is 8.21. The fraction of sp³-hybridized carbons (Fsp3) is 0.0833. The number of halogens is 1. The molecule has 0 spiro atoms. The Kier molecular flexibility index (Phi) is 5.30. The first kappa shape index (κ1) is 19.4. The van der Waals surface area contributed by atoms with Crippen LogP contribution < -0.4 is 10.6 Å². The number of benzene rings is 3. The molecule has 0 atom stereocenters.